The molecule has 4 heteroatoms. The van der Waals surface area contributed by atoms with E-state index in [4.69, 9.17) is 4.74 Å². The number of hydrogen-bond donors (Lipinski definition) is 1. The van der Waals surface area contributed by atoms with E-state index >= 15 is 0 Å². The minimum Gasteiger partial charge on any atom is -0.469 e. The fourth-order valence-corrected chi connectivity index (χ4v) is 4.59. The molecule has 1 aromatic rings. The van der Waals surface area contributed by atoms with E-state index in [1.807, 2.05) is 6.07 Å². The lowest BCUT2D eigenvalue weighted by Gasteiger charge is -2.38. The maximum Gasteiger partial charge on any atom is 0.305 e. The summed E-state index contributed by atoms with van der Waals surface area (Å²) in [6, 6.07) is 10.6. The van der Waals surface area contributed by atoms with Gasteiger partial charge in [-0.2, -0.15) is 0 Å². The molecule has 1 aliphatic carbocycles. The van der Waals surface area contributed by atoms with E-state index in [1.54, 1.807) is 0 Å². The van der Waals surface area contributed by atoms with Gasteiger partial charge in [0.2, 0.25) is 0 Å². The number of carbonyl (C=O) groups is 1. The summed E-state index contributed by atoms with van der Waals surface area (Å²) in [5.41, 5.74) is 1.35. The van der Waals surface area contributed by atoms with Gasteiger partial charge in [0.1, 0.15) is 0 Å². The van der Waals surface area contributed by atoms with Crippen molar-refractivity contribution in [3.8, 4) is 0 Å². The predicted octanol–water partition coefficient (Wildman–Crippen LogP) is 3.24. The van der Waals surface area contributed by atoms with Crippen molar-refractivity contribution < 1.29 is 19.4 Å². The molecule has 25 heavy (non-hydrogen) atoms. The van der Waals surface area contributed by atoms with Gasteiger partial charge in [0.05, 0.1) is 19.8 Å². The first-order valence-corrected chi connectivity index (χ1v) is 9.21. The molecule has 0 unspecified atom stereocenters. The Bertz CT molecular complexity index is 597. The molecule has 2 aliphatic rings. The van der Waals surface area contributed by atoms with Gasteiger partial charge in [-0.15, -0.1) is 0 Å². The van der Waals surface area contributed by atoms with Crippen LogP contribution >= 0.6 is 0 Å². The van der Waals surface area contributed by atoms with Crippen molar-refractivity contribution in [3.63, 3.8) is 0 Å². The van der Waals surface area contributed by atoms with Crippen molar-refractivity contribution in [2.45, 2.75) is 43.6 Å². The molecule has 4 nitrogen and oxygen atoms in total. The van der Waals surface area contributed by atoms with Crippen LogP contribution in [0.25, 0.3) is 0 Å². The smallest absolute Gasteiger partial charge is 0.305 e. The molecule has 1 aliphatic heterocycles. The SMILES string of the molecule is COC(=O)CCCC=CC[C@H]1[C@H](CO)[C@@H]2C[C@@]1(c1ccccc1)CO2. The summed E-state index contributed by atoms with van der Waals surface area (Å²) in [7, 11) is 1.42. The van der Waals surface area contributed by atoms with Crippen molar-refractivity contribution in [2.24, 2.45) is 11.8 Å². The van der Waals surface area contributed by atoms with E-state index in [0.29, 0.717) is 12.3 Å². The van der Waals surface area contributed by atoms with Crippen LogP contribution in [0.5, 0.6) is 0 Å². The third kappa shape index (κ3) is 3.65. The highest BCUT2D eigenvalue weighted by molar-refractivity contribution is 5.69. The highest BCUT2D eigenvalue weighted by Gasteiger charge is 2.58. The first-order chi connectivity index (χ1) is 12.2. The number of benzene rings is 1. The highest BCUT2D eigenvalue weighted by Crippen LogP contribution is 2.56. The topological polar surface area (TPSA) is 55.8 Å². The largest absolute Gasteiger partial charge is 0.469 e. The lowest BCUT2D eigenvalue weighted by atomic mass is 9.69. The molecule has 0 amide bonds. The summed E-state index contributed by atoms with van der Waals surface area (Å²) in [6.45, 7) is 0.930. The number of unbranched alkanes of at least 4 members (excludes halogenated alkanes) is 1. The third-order valence-electron chi connectivity index (χ3n) is 5.92. The van der Waals surface area contributed by atoms with E-state index in [9.17, 15) is 9.90 Å². The van der Waals surface area contributed by atoms with E-state index < -0.39 is 0 Å². The second-order valence-corrected chi connectivity index (χ2v) is 7.20. The second-order valence-electron chi connectivity index (χ2n) is 7.20. The first-order valence-electron chi connectivity index (χ1n) is 9.21. The quantitative estimate of drug-likeness (QED) is 0.447. The molecule has 3 rings (SSSR count). The molecule has 1 saturated carbocycles. The van der Waals surface area contributed by atoms with Crippen LogP contribution in [0.1, 0.15) is 37.7 Å². The summed E-state index contributed by atoms with van der Waals surface area (Å²) in [4.78, 5) is 11.1. The van der Waals surface area contributed by atoms with E-state index in [0.717, 1.165) is 32.3 Å². The average molecular weight is 344 g/mol. The number of esters is 1. The predicted molar refractivity (Wildman–Crippen MR) is 96.2 cm³/mol. The molecule has 0 radical (unpaired) electrons. The Morgan fingerprint density at radius 1 is 1.36 bits per heavy atom. The molecular weight excluding hydrogens is 316 g/mol. The van der Waals surface area contributed by atoms with Gasteiger partial charge in [0, 0.05) is 24.4 Å². The van der Waals surface area contributed by atoms with E-state index in [2.05, 4.69) is 41.2 Å². The van der Waals surface area contributed by atoms with Gasteiger partial charge < -0.3 is 14.6 Å². The maximum absolute atomic E-state index is 11.1. The minimum atomic E-state index is -0.151. The minimum absolute atomic E-state index is 0.0235. The summed E-state index contributed by atoms with van der Waals surface area (Å²) in [5, 5.41) is 9.89. The Balaban J connectivity index is 1.64. The summed E-state index contributed by atoms with van der Waals surface area (Å²) < 4.78 is 10.6. The zero-order valence-corrected chi connectivity index (χ0v) is 14.9. The molecule has 1 saturated heterocycles. The van der Waals surface area contributed by atoms with Gasteiger partial charge in [-0.1, -0.05) is 42.5 Å². The zero-order valence-electron chi connectivity index (χ0n) is 14.9. The van der Waals surface area contributed by atoms with Crippen LogP contribution in [0.2, 0.25) is 0 Å². The zero-order chi connectivity index (χ0) is 17.7. The van der Waals surface area contributed by atoms with Crippen LogP contribution in [0, 0.1) is 11.8 Å². The van der Waals surface area contributed by atoms with E-state index in [1.165, 1.54) is 12.7 Å². The van der Waals surface area contributed by atoms with Crippen molar-refractivity contribution in [2.75, 3.05) is 20.3 Å². The lowest BCUT2D eigenvalue weighted by Crippen LogP contribution is -2.40. The Hall–Kier alpha value is -1.65. The fourth-order valence-electron chi connectivity index (χ4n) is 4.59. The summed E-state index contributed by atoms with van der Waals surface area (Å²) in [5.74, 6) is 0.450. The molecule has 136 valence electrons. The Morgan fingerprint density at radius 2 is 2.16 bits per heavy atom. The van der Waals surface area contributed by atoms with Crippen molar-refractivity contribution in [3.05, 3.63) is 48.0 Å². The molecule has 1 heterocycles. The normalized spacial score (nSPS) is 30.9. The number of carbonyl (C=O) groups excluding carboxylic acids is 1. The maximum atomic E-state index is 11.1. The Labute approximate surface area is 149 Å². The Morgan fingerprint density at radius 3 is 2.88 bits per heavy atom. The number of rotatable bonds is 8. The monoisotopic (exact) mass is 344 g/mol. The summed E-state index contributed by atoms with van der Waals surface area (Å²) >= 11 is 0. The number of ether oxygens (including phenoxy) is 2. The summed E-state index contributed by atoms with van der Waals surface area (Å²) in [6.07, 6.45) is 8.65. The average Bonchev–Trinajstić information content (AvgIpc) is 3.22. The fraction of sp³-hybridized carbons (Fsp3) is 0.571. The molecule has 1 aromatic carbocycles. The van der Waals surface area contributed by atoms with Crippen LogP contribution < -0.4 is 0 Å². The first kappa shape index (κ1) is 18.2. The molecule has 4 atom stereocenters. The highest BCUT2D eigenvalue weighted by atomic mass is 16.5. The van der Waals surface area contributed by atoms with Crippen LogP contribution in [0.15, 0.2) is 42.5 Å². The molecule has 2 bridgehead atoms. The van der Waals surface area contributed by atoms with Crippen molar-refractivity contribution in [1.82, 2.24) is 0 Å². The van der Waals surface area contributed by atoms with Crippen LogP contribution in [0.4, 0.5) is 0 Å². The Kier molecular flexibility index (Phi) is 5.92. The molecular formula is C21H28O4. The van der Waals surface area contributed by atoms with Gasteiger partial charge in [0.15, 0.2) is 0 Å². The van der Waals surface area contributed by atoms with E-state index in [-0.39, 0.29) is 30.0 Å². The van der Waals surface area contributed by atoms with Gasteiger partial charge in [-0.25, -0.2) is 0 Å². The van der Waals surface area contributed by atoms with Gasteiger partial charge in [-0.3, -0.25) is 4.79 Å². The number of hydrogen-bond acceptors (Lipinski definition) is 4. The standard InChI is InChI=1S/C21H28O4/c1-24-20(23)12-8-3-2-7-11-18-17(14-22)19-13-21(18,15-25-19)16-9-5-4-6-10-16/h2,4-7,9-10,17-19,22H,3,8,11-15H2,1H3/t17-,18-,19-,21-/m0/s1. The molecule has 0 spiro atoms. The number of aliphatic hydroxyl groups excluding tert-OH is 1. The number of allylic oxidation sites excluding steroid dienone is 2. The number of aliphatic hydroxyl groups is 1. The molecule has 0 aromatic heterocycles. The lowest BCUT2D eigenvalue weighted by molar-refractivity contribution is -0.140. The second kappa shape index (κ2) is 8.15. The van der Waals surface area contributed by atoms with Gasteiger partial charge in [0.25, 0.3) is 0 Å². The number of fused-ring (bicyclic) bond motifs is 2. The van der Waals surface area contributed by atoms with Crippen LogP contribution in [-0.2, 0) is 19.7 Å². The third-order valence-corrected chi connectivity index (χ3v) is 5.92. The van der Waals surface area contributed by atoms with Gasteiger partial charge >= 0.3 is 5.97 Å². The molecule has 2 fully saturated rings. The van der Waals surface area contributed by atoms with Crippen LogP contribution in [0.3, 0.4) is 0 Å². The van der Waals surface area contributed by atoms with Crippen molar-refractivity contribution >= 4 is 5.97 Å². The number of methoxy groups -OCH3 is 1. The molecule has 1 N–H and O–H groups in total. The van der Waals surface area contributed by atoms with Gasteiger partial charge in [-0.05, 0) is 37.2 Å². The van der Waals surface area contributed by atoms with Crippen LogP contribution in [-0.4, -0.2) is 37.5 Å². The van der Waals surface area contributed by atoms with Crippen molar-refractivity contribution in [1.29, 1.82) is 0 Å².